The van der Waals surface area contributed by atoms with E-state index < -0.39 is 0 Å². The number of benzene rings is 2. The molecule has 1 aliphatic heterocycles. The second-order valence-corrected chi connectivity index (χ2v) is 4.83. The topological polar surface area (TPSA) is 41.9 Å². The average molecular weight is 289 g/mol. The van der Waals surface area contributed by atoms with Gasteiger partial charge in [0.1, 0.15) is 11.6 Å². The van der Waals surface area contributed by atoms with Crippen LogP contribution in [0.5, 0.6) is 17.2 Å². The zero-order valence-corrected chi connectivity index (χ0v) is 11.7. The number of hydrogen-bond acceptors (Lipinski definition) is 4. The van der Waals surface area contributed by atoms with Crippen molar-refractivity contribution < 1.29 is 19.0 Å². The number of rotatable bonds is 4. The third-order valence-corrected chi connectivity index (χ3v) is 3.49. The lowest BCUT2D eigenvalue weighted by atomic mass is 10.1. The second kappa shape index (κ2) is 5.52. The van der Waals surface area contributed by atoms with Crippen LogP contribution in [-0.2, 0) is 6.54 Å². The highest BCUT2D eigenvalue weighted by molar-refractivity contribution is 5.54. The van der Waals surface area contributed by atoms with Crippen molar-refractivity contribution >= 4 is 5.69 Å². The van der Waals surface area contributed by atoms with Gasteiger partial charge in [-0.15, -0.1) is 0 Å². The fraction of sp³-hybridized carbons (Fsp3) is 0.250. The number of phenolic OH excluding ortho intramolecular Hbond substituents is 1. The van der Waals surface area contributed by atoms with E-state index in [2.05, 4.69) is 0 Å². The molecule has 5 heteroatoms. The van der Waals surface area contributed by atoms with Gasteiger partial charge in [-0.3, -0.25) is 0 Å². The minimum Gasteiger partial charge on any atom is -0.507 e. The van der Waals surface area contributed by atoms with E-state index in [-0.39, 0.29) is 18.4 Å². The largest absolute Gasteiger partial charge is 0.507 e. The fourth-order valence-electron chi connectivity index (χ4n) is 2.36. The monoisotopic (exact) mass is 289 g/mol. The Morgan fingerprint density at radius 2 is 1.95 bits per heavy atom. The van der Waals surface area contributed by atoms with Gasteiger partial charge in [-0.2, -0.15) is 0 Å². The van der Waals surface area contributed by atoms with Gasteiger partial charge < -0.3 is 19.5 Å². The van der Waals surface area contributed by atoms with Crippen LogP contribution in [0.15, 0.2) is 36.4 Å². The van der Waals surface area contributed by atoms with Gasteiger partial charge >= 0.3 is 0 Å². The summed E-state index contributed by atoms with van der Waals surface area (Å²) in [6.45, 7) is 3.30. The highest BCUT2D eigenvalue weighted by Gasteiger charge is 2.18. The molecule has 0 unspecified atom stereocenters. The van der Waals surface area contributed by atoms with Crippen molar-refractivity contribution in [2.75, 3.05) is 18.2 Å². The number of ether oxygens (including phenoxy) is 2. The molecule has 0 aromatic heterocycles. The molecule has 0 bridgehead atoms. The first-order valence-electron chi connectivity index (χ1n) is 6.79. The zero-order chi connectivity index (χ0) is 14.8. The van der Waals surface area contributed by atoms with E-state index in [0.29, 0.717) is 30.2 Å². The number of phenols is 1. The Bertz CT molecular complexity index is 660. The van der Waals surface area contributed by atoms with Crippen molar-refractivity contribution in [2.45, 2.75) is 13.5 Å². The molecule has 110 valence electrons. The van der Waals surface area contributed by atoms with E-state index in [9.17, 15) is 9.50 Å². The Kier molecular flexibility index (Phi) is 3.56. The average Bonchev–Trinajstić information content (AvgIpc) is 2.91. The molecule has 0 aliphatic carbocycles. The van der Waals surface area contributed by atoms with Gasteiger partial charge in [0.05, 0.1) is 0 Å². The van der Waals surface area contributed by atoms with E-state index in [4.69, 9.17) is 9.47 Å². The molecule has 0 saturated heterocycles. The number of nitrogens with zero attached hydrogens (tertiary/aromatic N) is 1. The van der Waals surface area contributed by atoms with Crippen molar-refractivity contribution in [3.63, 3.8) is 0 Å². The SMILES string of the molecule is CCN(Cc1cc2c(cc1O)OCO2)c1cccc(F)c1. The van der Waals surface area contributed by atoms with Crippen molar-refractivity contribution in [3.8, 4) is 17.2 Å². The van der Waals surface area contributed by atoms with Crippen LogP contribution in [0, 0.1) is 5.82 Å². The molecule has 2 aromatic rings. The molecular formula is C16H16FNO3. The molecule has 21 heavy (non-hydrogen) atoms. The van der Waals surface area contributed by atoms with Gasteiger partial charge in [0, 0.05) is 30.4 Å². The fourth-order valence-corrected chi connectivity index (χ4v) is 2.36. The molecule has 4 nitrogen and oxygen atoms in total. The zero-order valence-electron chi connectivity index (χ0n) is 11.7. The predicted octanol–water partition coefficient (Wildman–Crippen LogP) is 3.29. The number of halogens is 1. The maximum absolute atomic E-state index is 13.3. The third-order valence-electron chi connectivity index (χ3n) is 3.49. The van der Waals surface area contributed by atoms with Gasteiger partial charge in [0.2, 0.25) is 6.79 Å². The molecule has 0 radical (unpaired) electrons. The van der Waals surface area contributed by atoms with E-state index >= 15 is 0 Å². The molecule has 2 aromatic carbocycles. The number of anilines is 1. The third kappa shape index (κ3) is 2.72. The van der Waals surface area contributed by atoms with Gasteiger partial charge in [-0.05, 0) is 31.2 Å². The molecule has 0 spiro atoms. The van der Waals surface area contributed by atoms with Crippen LogP contribution in [0.4, 0.5) is 10.1 Å². The van der Waals surface area contributed by atoms with Gasteiger partial charge in [-0.25, -0.2) is 4.39 Å². The smallest absolute Gasteiger partial charge is 0.231 e. The molecule has 3 rings (SSSR count). The summed E-state index contributed by atoms with van der Waals surface area (Å²) in [5, 5.41) is 10.1. The van der Waals surface area contributed by atoms with E-state index in [1.807, 2.05) is 17.9 Å². The lowest BCUT2D eigenvalue weighted by molar-refractivity contribution is 0.174. The first-order valence-corrected chi connectivity index (χ1v) is 6.79. The molecule has 1 N–H and O–H groups in total. The summed E-state index contributed by atoms with van der Waals surface area (Å²) in [4.78, 5) is 1.97. The normalized spacial score (nSPS) is 12.5. The number of fused-ring (bicyclic) bond motifs is 1. The van der Waals surface area contributed by atoms with Crippen LogP contribution in [0.1, 0.15) is 12.5 Å². The Labute approximate surface area is 122 Å². The van der Waals surface area contributed by atoms with Gasteiger partial charge in [-0.1, -0.05) is 6.07 Å². The van der Waals surface area contributed by atoms with Crippen LogP contribution in [-0.4, -0.2) is 18.4 Å². The van der Waals surface area contributed by atoms with Crippen LogP contribution >= 0.6 is 0 Å². The lowest BCUT2D eigenvalue weighted by Gasteiger charge is -2.23. The van der Waals surface area contributed by atoms with Crippen LogP contribution in [0.25, 0.3) is 0 Å². The highest BCUT2D eigenvalue weighted by atomic mass is 19.1. The Morgan fingerprint density at radius 1 is 1.19 bits per heavy atom. The van der Waals surface area contributed by atoms with E-state index in [1.165, 1.54) is 12.1 Å². The van der Waals surface area contributed by atoms with Gasteiger partial charge in [0.25, 0.3) is 0 Å². The number of hydrogen-bond donors (Lipinski definition) is 1. The molecule has 0 saturated carbocycles. The lowest BCUT2D eigenvalue weighted by Crippen LogP contribution is -2.22. The molecule has 1 heterocycles. The summed E-state index contributed by atoms with van der Waals surface area (Å²) in [5.74, 6) is 1.04. The van der Waals surface area contributed by atoms with E-state index in [0.717, 1.165) is 5.69 Å². The van der Waals surface area contributed by atoms with Crippen LogP contribution in [0.2, 0.25) is 0 Å². The Balaban J connectivity index is 1.87. The first kappa shape index (κ1) is 13.5. The molecule has 0 atom stereocenters. The molecule has 0 amide bonds. The molecule has 1 aliphatic rings. The Hall–Kier alpha value is -2.43. The van der Waals surface area contributed by atoms with E-state index in [1.54, 1.807) is 18.2 Å². The summed E-state index contributed by atoms with van der Waals surface area (Å²) >= 11 is 0. The second-order valence-electron chi connectivity index (χ2n) is 4.83. The highest BCUT2D eigenvalue weighted by Crippen LogP contribution is 2.38. The standard InChI is InChI=1S/C16H16FNO3/c1-2-18(13-5-3-4-12(17)7-13)9-11-6-15-16(8-14(11)19)21-10-20-15/h3-8,19H,2,9-10H2,1H3. The summed E-state index contributed by atoms with van der Waals surface area (Å²) in [6.07, 6.45) is 0. The van der Waals surface area contributed by atoms with Crippen molar-refractivity contribution in [2.24, 2.45) is 0 Å². The maximum Gasteiger partial charge on any atom is 0.231 e. The predicted molar refractivity (Wildman–Crippen MR) is 77.4 cm³/mol. The summed E-state index contributed by atoms with van der Waals surface area (Å²) in [5.41, 5.74) is 1.49. The quantitative estimate of drug-likeness (QED) is 0.938. The maximum atomic E-state index is 13.3. The Morgan fingerprint density at radius 3 is 2.67 bits per heavy atom. The van der Waals surface area contributed by atoms with Crippen molar-refractivity contribution in [3.05, 3.63) is 47.8 Å². The summed E-state index contributed by atoms with van der Waals surface area (Å²) < 4.78 is 23.9. The minimum atomic E-state index is -0.277. The first-order chi connectivity index (χ1) is 10.2. The van der Waals surface area contributed by atoms with Crippen LogP contribution in [0.3, 0.4) is 0 Å². The molecule has 0 fully saturated rings. The van der Waals surface area contributed by atoms with Crippen LogP contribution < -0.4 is 14.4 Å². The van der Waals surface area contributed by atoms with Crippen molar-refractivity contribution in [1.82, 2.24) is 0 Å². The van der Waals surface area contributed by atoms with Crippen molar-refractivity contribution in [1.29, 1.82) is 0 Å². The minimum absolute atomic E-state index is 0.147. The van der Waals surface area contributed by atoms with Gasteiger partial charge in [0.15, 0.2) is 11.5 Å². The molecular weight excluding hydrogens is 273 g/mol. The summed E-state index contributed by atoms with van der Waals surface area (Å²) in [7, 11) is 0. The number of aromatic hydroxyl groups is 1. The summed E-state index contributed by atoms with van der Waals surface area (Å²) in [6, 6.07) is 9.73.